The summed E-state index contributed by atoms with van der Waals surface area (Å²) < 4.78 is 14.2. The van der Waals surface area contributed by atoms with Gasteiger partial charge in [-0.3, -0.25) is 0 Å². The Balaban J connectivity index is 2.83. The normalized spacial score (nSPS) is 10.9. The van der Waals surface area contributed by atoms with Crippen LogP contribution < -0.4 is 0 Å². The zero-order valence-corrected chi connectivity index (χ0v) is 7.29. The van der Waals surface area contributed by atoms with E-state index < -0.39 is 6.67 Å². The Bertz CT molecular complexity index is 447. The molecule has 2 nitrogen and oxygen atoms in total. The fourth-order valence-electron chi connectivity index (χ4n) is 1.53. The third-order valence-electron chi connectivity index (χ3n) is 2.30. The van der Waals surface area contributed by atoms with E-state index in [-0.39, 0.29) is 5.75 Å². The Morgan fingerprint density at radius 3 is 2.85 bits per heavy atom. The summed E-state index contributed by atoms with van der Waals surface area (Å²) in [5.74, 6) is 0.202. The lowest BCUT2D eigenvalue weighted by Crippen LogP contribution is -1.92. The van der Waals surface area contributed by atoms with Crippen LogP contribution in [0.3, 0.4) is 0 Å². The first-order chi connectivity index (χ1) is 6.24. The molecule has 0 bridgehead atoms. The number of hydrogen-bond donors (Lipinski definition) is 1. The minimum absolute atomic E-state index is 0.202. The molecule has 68 valence electrons. The van der Waals surface area contributed by atoms with Crippen molar-refractivity contribution < 1.29 is 9.50 Å². The first kappa shape index (κ1) is 8.10. The quantitative estimate of drug-likeness (QED) is 0.714. The molecule has 1 aromatic carbocycles. The summed E-state index contributed by atoms with van der Waals surface area (Å²) in [6.45, 7) is -0.509. The molecule has 2 aromatic rings. The van der Waals surface area contributed by atoms with Crippen molar-refractivity contribution in [2.75, 3.05) is 0 Å². The highest BCUT2D eigenvalue weighted by molar-refractivity contribution is 5.87. The van der Waals surface area contributed by atoms with Gasteiger partial charge in [0, 0.05) is 18.1 Å². The minimum Gasteiger partial charge on any atom is -0.507 e. The number of benzene rings is 1. The minimum atomic E-state index is -0.509. The van der Waals surface area contributed by atoms with Gasteiger partial charge in [0.05, 0.1) is 5.52 Å². The van der Waals surface area contributed by atoms with Crippen molar-refractivity contribution in [3.63, 3.8) is 0 Å². The highest BCUT2D eigenvalue weighted by atomic mass is 19.1. The highest BCUT2D eigenvalue weighted by Crippen LogP contribution is 2.27. The van der Waals surface area contributed by atoms with Gasteiger partial charge in [-0.15, -0.1) is 0 Å². The Hall–Kier alpha value is -1.51. The molecule has 0 radical (unpaired) electrons. The maximum atomic E-state index is 12.5. The van der Waals surface area contributed by atoms with Crippen LogP contribution in [0.2, 0.25) is 0 Å². The van der Waals surface area contributed by atoms with Crippen LogP contribution in [-0.2, 0) is 13.7 Å². The molecule has 1 heterocycles. The Morgan fingerprint density at radius 1 is 1.46 bits per heavy atom. The van der Waals surface area contributed by atoms with Crippen LogP contribution >= 0.6 is 0 Å². The molecule has 0 saturated carbocycles. The Kier molecular flexibility index (Phi) is 1.72. The van der Waals surface area contributed by atoms with Gasteiger partial charge in [0.15, 0.2) is 0 Å². The molecule has 0 spiro atoms. The van der Waals surface area contributed by atoms with Crippen molar-refractivity contribution in [3.8, 4) is 5.75 Å². The maximum Gasteiger partial charge on any atom is 0.129 e. The highest BCUT2D eigenvalue weighted by Gasteiger charge is 2.07. The second-order valence-electron chi connectivity index (χ2n) is 3.04. The maximum absolute atomic E-state index is 12.5. The van der Waals surface area contributed by atoms with E-state index in [1.807, 2.05) is 6.07 Å². The molecule has 0 saturated heterocycles. The van der Waals surface area contributed by atoms with Crippen molar-refractivity contribution in [1.82, 2.24) is 4.57 Å². The van der Waals surface area contributed by atoms with Gasteiger partial charge < -0.3 is 9.67 Å². The SMILES string of the molecule is Cn1c(CF)cc2c(O)cccc21. The third-order valence-corrected chi connectivity index (χ3v) is 2.30. The number of fused-ring (bicyclic) bond motifs is 1. The van der Waals surface area contributed by atoms with Crippen LogP contribution in [-0.4, -0.2) is 9.67 Å². The van der Waals surface area contributed by atoms with Gasteiger partial charge in [0.1, 0.15) is 12.4 Å². The van der Waals surface area contributed by atoms with Gasteiger partial charge >= 0.3 is 0 Å². The molecule has 0 aliphatic carbocycles. The lowest BCUT2D eigenvalue weighted by atomic mass is 10.2. The Labute approximate surface area is 75.2 Å². The van der Waals surface area contributed by atoms with Crippen LogP contribution in [0, 0.1) is 0 Å². The molecular formula is C10H10FNO. The van der Waals surface area contributed by atoms with E-state index in [1.165, 1.54) is 0 Å². The number of aryl methyl sites for hydroxylation is 1. The second-order valence-corrected chi connectivity index (χ2v) is 3.04. The number of aromatic hydroxyl groups is 1. The van der Waals surface area contributed by atoms with E-state index in [9.17, 15) is 9.50 Å². The number of nitrogens with zero attached hydrogens (tertiary/aromatic N) is 1. The first-order valence-electron chi connectivity index (χ1n) is 4.06. The van der Waals surface area contributed by atoms with E-state index >= 15 is 0 Å². The van der Waals surface area contributed by atoms with Gasteiger partial charge in [-0.2, -0.15) is 0 Å². The van der Waals surface area contributed by atoms with E-state index in [1.54, 1.807) is 29.8 Å². The molecular weight excluding hydrogens is 169 g/mol. The molecule has 1 N–H and O–H groups in total. The smallest absolute Gasteiger partial charge is 0.129 e. The van der Waals surface area contributed by atoms with Gasteiger partial charge in [0.25, 0.3) is 0 Å². The third kappa shape index (κ3) is 1.08. The van der Waals surface area contributed by atoms with Crippen LogP contribution in [0.4, 0.5) is 4.39 Å². The topological polar surface area (TPSA) is 25.2 Å². The van der Waals surface area contributed by atoms with Gasteiger partial charge in [-0.1, -0.05) is 6.07 Å². The number of aromatic nitrogens is 1. The van der Waals surface area contributed by atoms with Crippen molar-refractivity contribution >= 4 is 10.9 Å². The average molecular weight is 179 g/mol. The number of rotatable bonds is 1. The zero-order valence-electron chi connectivity index (χ0n) is 7.29. The summed E-state index contributed by atoms with van der Waals surface area (Å²) in [7, 11) is 1.79. The molecule has 0 unspecified atom stereocenters. The summed E-state index contributed by atoms with van der Waals surface area (Å²) in [6.07, 6.45) is 0. The van der Waals surface area contributed by atoms with E-state index in [0.29, 0.717) is 11.1 Å². The molecule has 0 aliphatic heterocycles. The molecule has 13 heavy (non-hydrogen) atoms. The van der Waals surface area contributed by atoms with E-state index in [0.717, 1.165) is 5.52 Å². The van der Waals surface area contributed by atoms with Crippen molar-refractivity contribution in [2.45, 2.75) is 6.67 Å². The molecule has 1 aromatic heterocycles. The van der Waals surface area contributed by atoms with Crippen LogP contribution in [0.15, 0.2) is 24.3 Å². The standard InChI is InChI=1S/C10H10FNO/c1-12-7(6-11)5-8-9(12)3-2-4-10(8)13/h2-5,13H,6H2,1H3. The van der Waals surface area contributed by atoms with Crippen molar-refractivity contribution in [1.29, 1.82) is 0 Å². The first-order valence-corrected chi connectivity index (χ1v) is 4.06. The largest absolute Gasteiger partial charge is 0.507 e. The fraction of sp³-hybridized carbons (Fsp3) is 0.200. The van der Waals surface area contributed by atoms with Crippen LogP contribution in [0.1, 0.15) is 5.69 Å². The number of phenolic OH excluding ortho intramolecular Hbond substituents is 1. The van der Waals surface area contributed by atoms with Crippen LogP contribution in [0.25, 0.3) is 10.9 Å². The number of alkyl halides is 1. The molecule has 2 rings (SSSR count). The fourth-order valence-corrected chi connectivity index (χ4v) is 1.53. The number of halogens is 1. The number of hydrogen-bond acceptors (Lipinski definition) is 1. The number of phenols is 1. The Morgan fingerprint density at radius 2 is 2.23 bits per heavy atom. The molecule has 0 aliphatic rings. The molecule has 3 heteroatoms. The van der Waals surface area contributed by atoms with Crippen molar-refractivity contribution in [3.05, 3.63) is 30.0 Å². The molecule has 0 fully saturated rings. The molecule has 0 amide bonds. The summed E-state index contributed by atoms with van der Waals surface area (Å²) in [5, 5.41) is 10.2. The predicted octanol–water partition coefficient (Wildman–Crippen LogP) is 2.35. The summed E-state index contributed by atoms with van der Waals surface area (Å²) in [4.78, 5) is 0. The summed E-state index contributed by atoms with van der Waals surface area (Å²) in [5.41, 5.74) is 1.43. The van der Waals surface area contributed by atoms with Gasteiger partial charge in [-0.05, 0) is 18.2 Å². The molecule has 0 atom stereocenters. The zero-order chi connectivity index (χ0) is 9.42. The van der Waals surface area contributed by atoms with Crippen LogP contribution in [0.5, 0.6) is 5.75 Å². The monoisotopic (exact) mass is 179 g/mol. The van der Waals surface area contributed by atoms with Gasteiger partial charge in [-0.25, -0.2) is 4.39 Å². The van der Waals surface area contributed by atoms with Gasteiger partial charge in [0.2, 0.25) is 0 Å². The van der Waals surface area contributed by atoms with E-state index in [4.69, 9.17) is 0 Å². The lowest BCUT2D eigenvalue weighted by molar-refractivity contribution is 0.467. The van der Waals surface area contributed by atoms with E-state index in [2.05, 4.69) is 0 Å². The lowest BCUT2D eigenvalue weighted by Gasteiger charge is -1.99. The summed E-state index contributed by atoms with van der Waals surface area (Å²) in [6, 6.07) is 6.88. The summed E-state index contributed by atoms with van der Waals surface area (Å²) >= 11 is 0. The predicted molar refractivity (Wildman–Crippen MR) is 49.4 cm³/mol. The van der Waals surface area contributed by atoms with Crippen molar-refractivity contribution in [2.24, 2.45) is 7.05 Å². The average Bonchev–Trinajstić information content (AvgIpc) is 2.45. The second kappa shape index (κ2) is 2.76.